The molecule has 5 heteroatoms. The number of thiazole rings is 1. The summed E-state index contributed by atoms with van der Waals surface area (Å²) in [4.78, 5) is 17.4. The third kappa shape index (κ3) is 3.86. The number of nitrogens with one attached hydrogen (secondary N) is 1. The molecular formula is C18H14N2OS2. The molecule has 0 saturated carbocycles. The summed E-state index contributed by atoms with van der Waals surface area (Å²) >= 11 is 3.04. The minimum atomic E-state index is -0.121. The van der Waals surface area contributed by atoms with E-state index in [2.05, 4.69) is 22.1 Å². The van der Waals surface area contributed by atoms with E-state index in [0.29, 0.717) is 11.4 Å². The van der Waals surface area contributed by atoms with Gasteiger partial charge in [-0.05, 0) is 30.5 Å². The zero-order valence-corrected chi connectivity index (χ0v) is 14.1. The number of amides is 1. The van der Waals surface area contributed by atoms with Crippen LogP contribution in [0.5, 0.6) is 0 Å². The number of thiophene rings is 1. The van der Waals surface area contributed by atoms with Gasteiger partial charge in [-0.25, -0.2) is 4.98 Å². The largest absolute Gasteiger partial charge is 0.340 e. The van der Waals surface area contributed by atoms with Crippen molar-refractivity contribution in [1.82, 2.24) is 10.3 Å². The first-order chi connectivity index (χ1) is 11.2. The molecule has 2 heterocycles. The number of carbonyl (C=O) groups excluding carboxylic acids is 1. The van der Waals surface area contributed by atoms with Gasteiger partial charge in [0, 0.05) is 16.5 Å². The molecule has 0 spiro atoms. The molecule has 114 valence electrons. The Kier molecular flexibility index (Phi) is 4.86. The fraction of sp³-hybridized carbons (Fsp3) is 0.111. The number of hydrogen-bond donors (Lipinski definition) is 1. The molecule has 1 aromatic carbocycles. The molecule has 1 amide bonds. The van der Waals surface area contributed by atoms with E-state index in [1.54, 1.807) is 11.3 Å². The lowest BCUT2D eigenvalue weighted by Crippen LogP contribution is -2.23. The maximum absolute atomic E-state index is 12.3. The third-order valence-corrected chi connectivity index (χ3v) is 5.00. The second-order valence-corrected chi connectivity index (χ2v) is 6.58. The molecular weight excluding hydrogens is 324 g/mol. The van der Waals surface area contributed by atoms with Gasteiger partial charge in [0.2, 0.25) is 0 Å². The fourth-order valence-corrected chi connectivity index (χ4v) is 3.68. The molecule has 0 aliphatic heterocycles. The van der Waals surface area contributed by atoms with Gasteiger partial charge in [-0.1, -0.05) is 30.0 Å². The van der Waals surface area contributed by atoms with Gasteiger partial charge in [-0.2, -0.15) is 11.3 Å². The number of aryl methyl sites for hydroxylation is 1. The summed E-state index contributed by atoms with van der Waals surface area (Å²) in [5.74, 6) is 5.86. The number of carbonyl (C=O) groups is 1. The summed E-state index contributed by atoms with van der Waals surface area (Å²) in [5, 5.41) is 7.75. The van der Waals surface area contributed by atoms with Crippen LogP contribution in [0.2, 0.25) is 0 Å². The highest BCUT2D eigenvalue weighted by molar-refractivity contribution is 7.17. The van der Waals surface area contributed by atoms with Crippen molar-refractivity contribution in [2.24, 2.45) is 0 Å². The van der Waals surface area contributed by atoms with Crippen LogP contribution in [0.1, 0.15) is 20.9 Å². The Labute approximate surface area is 143 Å². The number of hydrogen-bond acceptors (Lipinski definition) is 4. The van der Waals surface area contributed by atoms with Crippen LogP contribution < -0.4 is 5.32 Å². The van der Waals surface area contributed by atoms with Crippen molar-refractivity contribution in [2.45, 2.75) is 6.92 Å². The van der Waals surface area contributed by atoms with Crippen LogP contribution in [0.15, 0.2) is 47.2 Å². The Hall–Kier alpha value is -2.42. The first kappa shape index (κ1) is 15.5. The molecule has 1 N–H and O–H groups in total. The van der Waals surface area contributed by atoms with Crippen molar-refractivity contribution in [3.8, 4) is 22.4 Å². The molecule has 0 bridgehead atoms. The number of aromatic nitrogens is 1. The van der Waals surface area contributed by atoms with Gasteiger partial charge in [0.25, 0.3) is 5.91 Å². The van der Waals surface area contributed by atoms with Crippen LogP contribution in [-0.4, -0.2) is 17.4 Å². The van der Waals surface area contributed by atoms with Crippen LogP contribution in [0.4, 0.5) is 0 Å². The van der Waals surface area contributed by atoms with Crippen LogP contribution in [0.25, 0.3) is 10.6 Å². The van der Waals surface area contributed by atoms with Gasteiger partial charge in [-0.15, -0.1) is 11.3 Å². The lowest BCUT2D eigenvalue weighted by Gasteiger charge is -1.98. The van der Waals surface area contributed by atoms with Gasteiger partial charge in [0.1, 0.15) is 9.88 Å². The molecule has 0 aliphatic carbocycles. The van der Waals surface area contributed by atoms with Crippen molar-refractivity contribution < 1.29 is 4.79 Å². The Morgan fingerprint density at radius 1 is 1.26 bits per heavy atom. The average molecular weight is 338 g/mol. The van der Waals surface area contributed by atoms with Crippen molar-refractivity contribution in [3.05, 3.63) is 63.3 Å². The lowest BCUT2D eigenvalue weighted by molar-refractivity contribution is 0.0962. The molecule has 0 aliphatic rings. The fourth-order valence-electron chi connectivity index (χ4n) is 1.99. The van der Waals surface area contributed by atoms with E-state index in [0.717, 1.165) is 21.8 Å². The molecule has 0 saturated heterocycles. The lowest BCUT2D eigenvalue weighted by atomic mass is 10.2. The van der Waals surface area contributed by atoms with Gasteiger partial charge < -0.3 is 5.32 Å². The summed E-state index contributed by atoms with van der Waals surface area (Å²) in [6.45, 7) is 2.18. The van der Waals surface area contributed by atoms with E-state index < -0.39 is 0 Å². The molecule has 3 aromatic rings. The van der Waals surface area contributed by atoms with Crippen LogP contribution >= 0.6 is 22.7 Å². The molecule has 0 atom stereocenters. The molecule has 3 nitrogen and oxygen atoms in total. The van der Waals surface area contributed by atoms with E-state index >= 15 is 0 Å². The molecule has 0 fully saturated rings. The average Bonchev–Trinajstić information content (AvgIpc) is 3.21. The quantitative estimate of drug-likeness (QED) is 0.735. The van der Waals surface area contributed by atoms with Gasteiger partial charge in [0.15, 0.2) is 0 Å². The summed E-state index contributed by atoms with van der Waals surface area (Å²) in [5.41, 5.74) is 2.76. The summed E-state index contributed by atoms with van der Waals surface area (Å²) in [7, 11) is 0. The van der Waals surface area contributed by atoms with Gasteiger partial charge in [0.05, 0.1) is 12.2 Å². The van der Waals surface area contributed by atoms with Crippen LogP contribution in [0, 0.1) is 18.8 Å². The second-order valence-electron chi connectivity index (χ2n) is 4.80. The Bertz CT molecular complexity index is 856. The summed E-state index contributed by atoms with van der Waals surface area (Å²) in [6, 6.07) is 11.7. The minimum Gasteiger partial charge on any atom is -0.340 e. The number of benzene rings is 1. The second kappa shape index (κ2) is 7.23. The topological polar surface area (TPSA) is 42.0 Å². The Balaban J connectivity index is 1.64. The Morgan fingerprint density at radius 2 is 2.09 bits per heavy atom. The van der Waals surface area contributed by atoms with Crippen molar-refractivity contribution in [2.75, 3.05) is 6.54 Å². The predicted octanol–water partition coefficient (Wildman–Crippen LogP) is 3.96. The van der Waals surface area contributed by atoms with E-state index in [-0.39, 0.29) is 5.91 Å². The van der Waals surface area contributed by atoms with Gasteiger partial charge in [-0.3, -0.25) is 4.79 Å². The van der Waals surface area contributed by atoms with Crippen LogP contribution in [0.3, 0.4) is 0 Å². The predicted molar refractivity (Wildman–Crippen MR) is 95.8 cm³/mol. The highest BCUT2D eigenvalue weighted by Gasteiger charge is 2.15. The number of nitrogens with zero attached hydrogens (tertiary/aromatic N) is 1. The highest BCUT2D eigenvalue weighted by atomic mass is 32.1. The zero-order chi connectivity index (χ0) is 16.1. The van der Waals surface area contributed by atoms with Crippen LogP contribution in [-0.2, 0) is 0 Å². The summed E-state index contributed by atoms with van der Waals surface area (Å²) < 4.78 is 0. The first-order valence-electron chi connectivity index (χ1n) is 7.06. The zero-order valence-electron chi connectivity index (χ0n) is 12.5. The van der Waals surface area contributed by atoms with Crippen molar-refractivity contribution in [3.63, 3.8) is 0 Å². The molecule has 0 radical (unpaired) electrons. The maximum atomic E-state index is 12.3. The maximum Gasteiger partial charge on any atom is 0.264 e. The first-order valence-corrected chi connectivity index (χ1v) is 8.82. The van der Waals surface area contributed by atoms with E-state index in [1.807, 2.05) is 54.1 Å². The molecule has 0 unspecified atom stereocenters. The molecule has 3 rings (SSSR count). The SMILES string of the molecule is Cc1nc(-c2ccsc2)sc1C(=O)NCC#Cc1ccccc1. The number of rotatable bonds is 3. The third-order valence-electron chi connectivity index (χ3n) is 3.11. The smallest absolute Gasteiger partial charge is 0.264 e. The van der Waals surface area contributed by atoms with E-state index in [9.17, 15) is 4.79 Å². The molecule has 23 heavy (non-hydrogen) atoms. The summed E-state index contributed by atoms with van der Waals surface area (Å²) in [6.07, 6.45) is 0. The minimum absolute atomic E-state index is 0.121. The standard InChI is InChI=1S/C18H14N2OS2/c1-13-16(23-18(20-13)15-9-11-22-12-15)17(21)19-10-5-8-14-6-3-2-4-7-14/h2-4,6-7,9,11-12H,10H2,1H3,(H,19,21). The monoisotopic (exact) mass is 338 g/mol. The Morgan fingerprint density at radius 3 is 2.83 bits per heavy atom. The van der Waals surface area contributed by atoms with Gasteiger partial charge >= 0.3 is 0 Å². The van der Waals surface area contributed by atoms with Crippen molar-refractivity contribution in [1.29, 1.82) is 0 Å². The molecule has 2 aromatic heterocycles. The van der Waals surface area contributed by atoms with Crippen molar-refractivity contribution >= 4 is 28.6 Å². The van der Waals surface area contributed by atoms with E-state index in [4.69, 9.17) is 0 Å². The normalized spacial score (nSPS) is 9.96. The highest BCUT2D eigenvalue weighted by Crippen LogP contribution is 2.29. The van der Waals surface area contributed by atoms with E-state index in [1.165, 1.54) is 11.3 Å².